The summed E-state index contributed by atoms with van der Waals surface area (Å²) in [5, 5.41) is 9.73. The van der Waals surface area contributed by atoms with Crippen LogP contribution in [0.15, 0.2) is 0 Å². The lowest BCUT2D eigenvalue weighted by molar-refractivity contribution is -0.183. The van der Waals surface area contributed by atoms with Crippen LogP contribution in [0.2, 0.25) is 0 Å². The molecular weight excluding hydrogens is 240 g/mol. The lowest BCUT2D eigenvalue weighted by Crippen LogP contribution is -2.47. The van der Waals surface area contributed by atoms with Crippen molar-refractivity contribution < 1.29 is 14.6 Å². The monoisotopic (exact) mass is 270 g/mol. The quantitative estimate of drug-likeness (QED) is 0.752. The number of rotatable bonds is 7. The third-order valence-electron chi connectivity index (χ3n) is 3.81. The van der Waals surface area contributed by atoms with Gasteiger partial charge in [-0.05, 0) is 37.5 Å². The van der Waals surface area contributed by atoms with Crippen molar-refractivity contribution in [2.24, 2.45) is 11.8 Å². The number of carboxylic acid groups (broad SMARTS) is 1. The molecule has 112 valence electrons. The fourth-order valence-electron chi connectivity index (χ4n) is 3.23. The van der Waals surface area contributed by atoms with Crippen LogP contribution in [0.5, 0.6) is 0 Å². The average molecular weight is 270 g/mol. The molecule has 0 aliphatic heterocycles. The summed E-state index contributed by atoms with van der Waals surface area (Å²) in [4.78, 5) is 11.8. The fourth-order valence-corrected chi connectivity index (χ4v) is 3.23. The van der Waals surface area contributed by atoms with E-state index in [1.165, 1.54) is 19.3 Å². The summed E-state index contributed by atoms with van der Waals surface area (Å²) in [7, 11) is 0. The van der Waals surface area contributed by atoms with Crippen LogP contribution in [0.3, 0.4) is 0 Å². The van der Waals surface area contributed by atoms with Crippen LogP contribution >= 0.6 is 0 Å². The Balaban J connectivity index is 2.82. The molecule has 1 aliphatic rings. The maximum Gasteiger partial charge on any atom is 0.336 e. The van der Waals surface area contributed by atoms with E-state index in [1.807, 2.05) is 0 Å². The van der Waals surface area contributed by atoms with Crippen LogP contribution < -0.4 is 0 Å². The lowest BCUT2D eigenvalue weighted by Gasteiger charge is -2.37. The number of hydrogen-bond acceptors (Lipinski definition) is 2. The van der Waals surface area contributed by atoms with Crippen molar-refractivity contribution in [1.29, 1.82) is 0 Å². The van der Waals surface area contributed by atoms with E-state index < -0.39 is 11.6 Å². The van der Waals surface area contributed by atoms with Gasteiger partial charge >= 0.3 is 5.97 Å². The third kappa shape index (κ3) is 5.13. The Morgan fingerprint density at radius 2 is 1.58 bits per heavy atom. The highest BCUT2D eigenvalue weighted by Gasteiger charge is 2.42. The number of ether oxygens (including phenoxy) is 1. The Morgan fingerprint density at radius 3 is 1.95 bits per heavy atom. The summed E-state index contributed by atoms with van der Waals surface area (Å²) < 4.78 is 6.16. The Bertz CT molecular complexity index is 268. The van der Waals surface area contributed by atoms with E-state index in [4.69, 9.17) is 4.74 Å². The minimum atomic E-state index is -0.982. The van der Waals surface area contributed by atoms with Gasteiger partial charge in [-0.3, -0.25) is 0 Å². The second-order valence-corrected chi connectivity index (χ2v) is 6.87. The van der Waals surface area contributed by atoms with E-state index in [-0.39, 0.29) is 6.10 Å². The van der Waals surface area contributed by atoms with Crippen LogP contribution in [-0.4, -0.2) is 22.8 Å². The Hall–Kier alpha value is -0.570. The zero-order chi connectivity index (χ0) is 14.5. The fraction of sp³-hybridized carbons (Fsp3) is 0.938. The SMILES string of the molecule is CC(C)CC(CC(C)C)(OC1CCCCC1)C(=O)O. The van der Waals surface area contributed by atoms with Gasteiger partial charge in [0.2, 0.25) is 0 Å². The smallest absolute Gasteiger partial charge is 0.336 e. The van der Waals surface area contributed by atoms with E-state index in [2.05, 4.69) is 27.7 Å². The molecule has 0 amide bonds. The van der Waals surface area contributed by atoms with Crippen LogP contribution in [0.25, 0.3) is 0 Å². The highest BCUT2D eigenvalue weighted by Crippen LogP contribution is 2.34. The van der Waals surface area contributed by atoms with Crippen LogP contribution in [-0.2, 0) is 9.53 Å². The molecule has 19 heavy (non-hydrogen) atoms. The molecule has 0 spiro atoms. The molecule has 3 heteroatoms. The maximum atomic E-state index is 11.8. The van der Waals surface area contributed by atoms with Gasteiger partial charge < -0.3 is 9.84 Å². The number of carboxylic acids is 1. The van der Waals surface area contributed by atoms with Gasteiger partial charge in [-0.1, -0.05) is 47.0 Å². The van der Waals surface area contributed by atoms with Gasteiger partial charge in [-0.25, -0.2) is 4.79 Å². The van der Waals surface area contributed by atoms with Gasteiger partial charge in [0.1, 0.15) is 0 Å². The van der Waals surface area contributed by atoms with Crippen molar-refractivity contribution in [1.82, 2.24) is 0 Å². The zero-order valence-electron chi connectivity index (χ0n) is 12.9. The second kappa shape index (κ2) is 7.28. The van der Waals surface area contributed by atoms with Crippen molar-refractivity contribution in [3.63, 3.8) is 0 Å². The standard InChI is InChI=1S/C16H30O3/c1-12(2)10-16(15(17)18,11-13(3)4)19-14-8-6-5-7-9-14/h12-14H,5-11H2,1-4H3,(H,17,18). The molecule has 1 rings (SSSR count). The normalized spacial score (nSPS) is 18.2. The molecule has 0 atom stereocenters. The van der Waals surface area contributed by atoms with Gasteiger partial charge in [0.15, 0.2) is 5.60 Å². The van der Waals surface area contributed by atoms with E-state index in [0.717, 1.165) is 12.8 Å². The summed E-state index contributed by atoms with van der Waals surface area (Å²) in [6.45, 7) is 8.29. The molecule has 0 radical (unpaired) electrons. The minimum absolute atomic E-state index is 0.141. The van der Waals surface area contributed by atoms with Gasteiger partial charge in [0.25, 0.3) is 0 Å². The van der Waals surface area contributed by atoms with Crippen LogP contribution in [0, 0.1) is 11.8 Å². The van der Waals surface area contributed by atoms with E-state index >= 15 is 0 Å². The summed E-state index contributed by atoms with van der Waals surface area (Å²) in [5.74, 6) is -0.114. The first-order chi connectivity index (χ1) is 8.85. The molecular formula is C16H30O3. The molecule has 1 N–H and O–H groups in total. The highest BCUT2D eigenvalue weighted by molar-refractivity contribution is 5.77. The van der Waals surface area contributed by atoms with Gasteiger partial charge in [-0.2, -0.15) is 0 Å². The third-order valence-corrected chi connectivity index (χ3v) is 3.81. The molecule has 0 aromatic carbocycles. The summed E-state index contributed by atoms with van der Waals surface area (Å²) in [6, 6.07) is 0. The predicted octanol–water partition coefficient (Wildman–Crippen LogP) is 4.25. The minimum Gasteiger partial charge on any atom is -0.479 e. The van der Waals surface area contributed by atoms with Gasteiger partial charge in [-0.15, -0.1) is 0 Å². The molecule has 0 unspecified atom stereocenters. The zero-order valence-corrected chi connectivity index (χ0v) is 12.9. The summed E-state index contributed by atoms with van der Waals surface area (Å²) in [6.07, 6.45) is 6.99. The molecule has 3 nitrogen and oxygen atoms in total. The van der Waals surface area contributed by atoms with Crippen LogP contribution in [0.4, 0.5) is 0 Å². The topological polar surface area (TPSA) is 46.5 Å². The molecule has 0 aromatic heterocycles. The number of hydrogen-bond donors (Lipinski definition) is 1. The second-order valence-electron chi connectivity index (χ2n) is 6.87. The summed E-state index contributed by atoms with van der Waals surface area (Å²) >= 11 is 0. The summed E-state index contributed by atoms with van der Waals surface area (Å²) in [5.41, 5.74) is -0.982. The Morgan fingerprint density at radius 1 is 1.11 bits per heavy atom. The lowest BCUT2D eigenvalue weighted by atomic mass is 9.84. The van der Waals surface area contributed by atoms with Crippen molar-refractivity contribution in [3.05, 3.63) is 0 Å². The highest BCUT2D eigenvalue weighted by atomic mass is 16.5. The molecule has 1 aliphatic carbocycles. The largest absolute Gasteiger partial charge is 0.479 e. The Kier molecular flexibility index (Phi) is 6.31. The molecule has 0 heterocycles. The molecule has 0 bridgehead atoms. The van der Waals surface area contributed by atoms with Crippen molar-refractivity contribution in [2.75, 3.05) is 0 Å². The average Bonchev–Trinajstić information content (AvgIpc) is 2.27. The first kappa shape index (κ1) is 16.5. The van der Waals surface area contributed by atoms with Gasteiger partial charge in [0.05, 0.1) is 6.10 Å². The number of carbonyl (C=O) groups is 1. The maximum absolute atomic E-state index is 11.8. The molecule has 1 fully saturated rings. The predicted molar refractivity (Wildman–Crippen MR) is 77.2 cm³/mol. The Labute approximate surface area is 117 Å². The van der Waals surface area contributed by atoms with Crippen molar-refractivity contribution in [2.45, 2.75) is 84.3 Å². The van der Waals surface area contributed by atoms with Crippen molar-refractivity contribution >= 4 is 5.97 Å². The van der Waals surface area contributed by atoms with Crippen LogP contribution in [0.1, 0.15) is 72.6 Å². The van der Waals surface area contributed by atoms with Gasteiger partial charge in [0, 0.05) is 0 Å². The first-order valence-electron chi connectivity index (χ1n) is 7.77. The molecule has 0 aromatic rings. The van der Waals surface area contributed by atoms with Crippen molar-refractivity contribution in [3.8, 4) is 0 Å². The first-order valence-corrected chi connectivity index (χ1v) is 7.77. The van der Waals surface area contributed by atoms with E-state index in [9.17, 15) is 9.90 Å². The number of aliphatic carboxylic acids is 1. The molecule has 1 saturated carbocycles. The van der Waals surface area contributed by atoms with E-state index in [0.29, 0.717) is 24.7 Å². The molecule has 0 saturated heterocycles. The van der Waals surface area contributed by atoms with E-state index in [1.54, 1.807) is 0 Å².